The Bertz CT molecular complexity index is 622. The molecule has 0 saturated carbocycles. The van der Waals surface area contributed by atoms with Crippen molar-refractivity contribution in [1.29, 1.82) is 0 Å². The molecule has 2 rings (SSSR count). The minimum absolute atomic E-state index is 0.0633. The van der Waals surface area contributed by atoms with E-state index in [-0.39, 0.29) is 24.6 Å². The molecule has 21 heavy (non-hydrogen) atoms. The van der Waals surface area contributed by atoms with Gasteiger partial charge in [0.2, 0.25) is 0 Å². The van der Waals surface area contributed by atoms with E-state index >= 15 is 0 Å². The number of carbonyl (C=O) groups is 2. The fourth-order valence-corrected chi connectivity index (χ4v) is 1.92. The zero-order valence-corrected chi connectivity index (χ0v) is 11.3. The highest BCUT2D eigenvalue weighted by molar-refractivity contribution is 6.06. The second-order valence-electron chi connectivity index (χ2n) is 4.48. The van der Waals surface area contributed by atoms with E-state index in [9.17, 15) is 14.7 Å². The van der Waals surface area contributed by atoms with E-state index in [2.05, 4.69) is 0 Å². The molecule has 0 heterocycles. The summed E-state index contributed by atoms with van der Waals surface area (Å²) in [4.78, 5) is 24.7. The molecule has 0 spiro atoms. The average Bonchev–Trinajstić information content (AvgIpc) is 2.49. The van der Waals surface area contributed by atoms with Crippen molar-refractivity contribution in [3.63, 3.8) is 0 Å². The molecule has 5 nitrogen and oxygen atoms in total. The lowest BCUT2D eigenvalue weighted by Gasteiger charge is -2.22. The Balaban J connectivity index is 2.29. The minimum Gasteiger partial charge on any atom is -0.508 e. The summed E-state index contributed by atoms with van der Waals surface area (Å²) in [6, 6.07) is 14.7. The third-order valence-corrected chi connectivity index (χ3v) is 2.98. The van der Waals surface area contributed by atoms with Gasteiger partial charge in [-0.05, 0) is 36.4 Å². The first-order valence-corrected chi connectivity index (χ1v) is 6.45. The lowest BCUT2D eigenvalue weighted by Crippen LogP contribution is -2.33. The maximum absolute atomic E-state index is 12.5. The normalized spacial score (nSPS) is 10.1. The minimum atomic E-state index is -0.973. The number of hydrogen-bond donors (Lipinski definition) is 2. The van der Waals surface area contributed by atoms with Crippen LogP contribution in [0.1, 0.15) is 16.8 Å². The van der Waals surface area contributed by atoms with Gasteiger partial charge < -0.3 is 15.1 Å². The van der Waals surface area contributed by atoms with Crippen LogP contribution in [0.3, 0.4) is 0 Å². The molecule has 0 atom stereocenters. The number of phenols is 1. The van der Waals surface area contributed by atoms with E-state index in [0.29, 0.717) is 11.3 Å². The highest BCUT2D eigenvalue weighted by Crippen LogP contribution is 2.21. The zero-order chi connectivity index (χ0) is 15.2. The highest BCUT2D eigenvalue weighted by atomic mass is 16.4. The lowest BCUT2D eigenvalue weighted by atomic mass is 10.1. The van der Waals surface area contributed by atoms with Crippen molar-refractivity contribution in [3.8, 4) is 5.75 Å². The van der Waals surface area contributed by atoms with Crippen LogP contribution in [0.25, 0.3) is 0 Å². The molecular weight excluding hydrogens is 270 g/mol. The topological polar surface area (TPSA) is 77.8 Å². The Morgan fingerprint density at radius 2 is 1.57 bits per heavy atom. The number of carbonyl (C=O) groups excluding carboxylic acids is 1. The Labute approximate surface area is 122 Å². The van der Waals surface area contributed by atoms with Crippen molar-refractivity contribution in [2.24, 2.45) is 0 Å². The van der Waals surface area contributed by atoms with Crippen LogP contribution in [0.15, 0.2) is 54.6 Å². The zero-order valence-electron chi connectivity index (χ0n) is 11.3. The molecule has 2 N–H and O–H groups in total. The predicted octanol–water partition coefficient (Wildman–Crippen LogP) is 2.51. The summed E-state index contributed by atoms with van der Waals surface area (Å²) in [5.41, 5.74) is 1.03. The van der Waals surface area contributed by atoms with Gasteiger partial charge in [0, 0.05) is 17.8 Å². The molecule has 2 aromatic rings. The van der Waals surface area contributed by atoms with Crippen molar-refractivity contribution in [3.05, 3.63) is 60.2 Å². The molecule has 0 bridgehead atoms. The predicted molar refractivity (Wildman–Crippen MR) is 78.5 cm³/mol. The van der Waals surface area contributed by atoms with Crippen LogP contribution < -0.4 is 4.90 Å². The molecule has 0 aliphatic carbocycles. The van der Waals surface area contributed by atoms with E-state index in [1.807, 2.05) is 0 Å². The number of anilines is 1. The van der Waals surface area contributed by atoms with Gasteiger partial charge in [-0.25, -0.2) is 0 Å². The molecule has 0 aromatic heterocycles. The molecule has 108 valence electrons. The van der Waals surface area contributed by atoms with Crippen LogP contribution in [-0.4, -0.2) is 28.6 Å². The number of aromatic hydroxyl groups is 1. The molecule has 2 aromatic carbocycles. The van der Waals surface area contributed by atoms with Gasteiger partial charge in [-0.15, -0.1) is 0 Å². The Hall–Kier alpha value is -2.82. The summed E-state index contributed by atoms with van der Waals surface area (Å²) in [6.07, 6.45) is -0.153. The van der Waals surface area contributed by atoms with Gasteiger partial charge in [0.25, 0.3) is 5.91 Å². The number of hydrogen-bond acceptors (Lipinski definition) is 3. The maximum Gasteiger partial charge on any atom is 0.305 e. The van der Waals surface area contributed by atoms with Crippen molar-refractivity contribution in [2.75, 3.05) is 11.4 Å². The molecule has 0 radical (unpaired) electrons. The lowest BCUT2D eigenvalue weighted by molar-refractivity contribution is -0.136. The molecular formula is C16H15NO4. The maximum atomic E-state index is 12.5. The van der Waals surface area contributed by atoms with E-state index in [1.165, 1.54) is 17.0 Å². The number of carboxylic acids is 1. The number of amides is 1. The molecule has 1 amide bonds. The summed E-state index contributed by atoms with van der Waals surface area (Å²) in [5.74, 6) is -1.16. The van der Waals surface area contributed by atoms with Crippen molar-refractivity contribution in [1.82, 2.24) is 0 Å². The first kappa shape index (κ1) is 14.6. The number of rotatable bonds is 5. The number of carboxylic acid groups (broad SMARTS) is 1. The molecule has 0 aliphatic heterocycles. The SMILES string of the molecule is O=C(O)CCN(C(=O)c1ccccc1)c1ccc(O)cc1. The van der Waals surface area contributed by atoms with Crippen LogP contribution >= 0.6 is 0 Å². The number of benzene rings is 2. The number of aliphatic carboxylic acids is 1. The van der Waals surface area contributed by atoms with Crippen molar-refractivity contribution in [2.45, 2.75) is 6.42 Å². The quantitative estimate of drug-likeness (QED) is 0.884. The fraction of sp³-hybridized carbons (Fsp3) is 0.125. The fourth-order valence-electron chi connectivity index (χ4n) is 1.92. The van der Waals surface area contributed by atoms with Crippen LogP contribution in [0.5, 0.6) is 5.75 Å². The average molecular weight is 285 g/mol. The second-order valence-corrected chi connectivity index (χ2v) is 4.48. The number of phenolic OH excluding ortho intramolecular Hbond substituents is 1. The van der Waals surface area contributed by atoms with E-state index in [1.54, 1.807) is 42.5 Å². The third kappa shape index (κ3) is 3.82. The standard InChI is InChI=1S/C16H15NO4/c18-14-8-6-13(7-9-14)17(11-10-15(19)20)16(21)12-4-2-1-3-5-12/h1-9,18H,10-11H2,(H,19,20). The summed E-state index contributed by atoms with van der Waals surface area (Å²) in [6.45, 7) is 0.0633. The van der Waals surface area contributed by atoms with E-state index in [4.69, 9.17) is 5.11 Å². The summed E-state index contributed by atoms with van der Waals surface area (Å²) in [5, 5.41) is 18.1. The molecule has 0 fully saturated rings. The van der Waals surface area contributed by atoms with Gasteiger partial charge in [-0.1, -0.05) is 18.2 Å². The van der Waals surface area contributed by atoms with Crippen molar-refractivity contribution < 1.29 is 19.8 Å². The molecule has 0 unspecified atom stereocenters. The first-order valence-electron chi connectivity index (χ1n) is 6.45. The van der Waals surface area contributed by atoms with Crippen LogP contribution in [0.4, 0.5) is 5.69 Å². The van der Waals surface area contributed by atoms with E-state index in [0.717, 1.165) is 0 Å². The highest BCUT2D eigenvalue weighted by Gasteiger charge is 2.18. The molecule has 5 heteroatoms. The van der Waals surface area contributed by atoms with Crippen LogP contribution in [-0.2, 0) is 4.79 Å². The number of nitrogens with zero attached hydrogens (tertiary/aromatic N) is 1. The Kier molecular flexibility index (Phi) is 4.56. The monoisotopic (exact) mass is 285 g/mol. The smallest absolute Gasteiger partial charge is 0.305 e. The summed E-state index contributed by atoms with van der Waals surface area (Å²) >= 11 is 0. The molecule has 0 saturated heterocycles. The van der Waals surface area contributed by atoms with Gasteiger partial charge in [-0.2, -0.15) is 0 Å². The van der Waals surface area contributed by atoms with E-state index < -0.39 is 5.97 Å². The Morgan fingerprint density at radius 3 is 2.14 bits per heavy atom. The second kappa shape index (κ2) is 6.56. The van der Waals surface area contributed by atoms with Gasteiger partial charge in [-0.3, -0.25) is 9.59 Å². The van der Waals surface area contributed by atoms with Gasteiger partial charge in [0.05, 0.1) is 6.42 Å². The Morgan fingerprint density at radius 1 is 0.952 bits per heavy atom. The summed E-state index contributed by atoms with van der Waals surface area (Å²) in [7, 11) is 0. The van der Waals surface area contributed by atoms with Crippen LogP contribution in [0, 0.1) is 0 Å². The van der Waals surface area contributed by atoms with Gasteiger partial charge >= 0.3 is 5.97 Å². The molecule has 0 aliphatic rings. The van der Waals surface area contributed by atoms with Gasteiger partial charge in [0.15, 0.2) is 0 Å². The van der Waals surface area contributed by atoms with Crippen molar-refractivity contribution >= 4 is 17.6 Å². The first-order chi connectivity index (χ1) is 10.1. The summed E-state index contributed by atoms with van der Waals surface area (Å²) < 4.78 is 0. The van der Waals surface area contributed by atoms with Crippen LogP contribution in [0.2, 0.25) is 0 Å². The largest absolute Gasteiger partial charge is 0.508 e. The third-order valence-electron chi connectivity index (χ3n) is 2.98. The van der Waals surface area contributed by atoms with Gasteiger partial charge in [0.1, 0.15) is 5.75 Å².